The Bertz CT molecular complexity index is 45.3. The Morgan fingerprint density at radius 1 is 1.71 bits per heavy atom. The average Bonchev–Trinajstić information content (AvgIpc) is 1.65. The van der Waals surface area contributed by atoms with Gasteiger partial charge in [0.1, 0.15) is 0 Å². The van der Waals surface area contributed by atoms with E-state index in [2.05, 4.69) is 46.9 Å². The lowest BCUT2D eigenvalue weighted by Gasteiger charge is -2.13. The summed E-state index contributed by atoms with van der Waals surface area (Å²) in [7, 11) is 2.09. The van der Waals surface area contributed by atoms with Crippen molar-refractivity contribution in [1.29, 1.82) is 0 Å². The van der Waals surface area contributed by atoms with Gasteiger partial charge in [-0.25, -0.2) is 3.11 Å². The van der Waals surface area contributed by atoms with Gasteiger partial charge >= 0.3 is 0 Å². The van der Waals surface area contributed by atoms with Crippen molar-refractivity contribution < 1.29 is 0 Å². The molecule has 44 valence electrons. The fraction of sp³-hybridized carbons (Fsp3) is 1.00. The summed E-state index contributed by atoms with van der Waals surface area (Å²) in [6.07, 6.45) is 1.24. The van der Waals surface area contributed by atoms with Gasteiger partial charge in [-0.1, -0.05) is 6.92 Å². The van der Waals surface area contributed by atoms with Crippen LogP contribution in [0, 0.1) is 0 Å². The molecular weight excluding hydrogens is 201 g/mol. The van der Waals surface area contributed by atoms with Crippen LogP contribution in [-0.4, -0.2) is 16.2 Å². The van der Waals surface area contributed by atoms with Gasteiger partial charge in [0.15, 0.2) is 0 Å². The van der Waals surface area contributed by atoms with E-state index in [0.717, 1.165) is 6.04 Å². The van der Waals surface area contributed by atoms with Crippen LogP contribution in [0.2, 0.25) is 0 Å². The lowest BCUT2D eigenvalue weighted by molar-refractivity contribution is 0.457. The van der Waals surface area contributed by atoms with Crippen molar-refractivity contribution in [2.75, 3.05) is 7.05 Å². The van der Waals surface area contributed by atoms with Crippen LogP contribution >= 0.6 is 22.9 Å². The molecule has 0 rings (SSSR count). The van der Waals surface area contributed by atoms with Gasteiger partial charge in [-0.05, 0) is 20.4 Å². The topological polar surface area (TPSA) is 3.24 Å². The zero-order chi connectivity index (χ0) is 5.86. The van der Waals surface area contributed by atoms with Crippen LogP contribution in [0.25, 0.3) is 0 Å². The van der Waals surface area contributed by atoms with E-state index in [1.807, 2.05) is 0 Å². The Morgan fingerprint density at radius 3 is 2.14 bits per heavy atom. The third-order valence-electron chi connectivity index (χ3n) is 1.20. The molecule has 0 aromatic rings. The van der Waals surface area contributed by atoms with Crippen LogP contribution in [0.5, 0.6) is 0 Å². The van der Waals surface area contributed by atoms with E-state index in [1.165, 1.54) is 6.42 Å². The van der Waals surface area contributed by atoms with Crippen LogP contribution in [0.1, 0.15) is 20.3 Å². The number of nitrogens with zero attached hydrogens (tertiary/aromatic N) is 1. The average molecular weight is 213 g/mol. The lowest BCUT2D eigenvalue weighted by Crippen LogP contribution is -2.16. The van der Waals surface area contributed by atoms with Crippen molar-refractivity contribution in [3.8, 4) is 0 Å². The molecule has 1 atom stereocenters. The molecular formula is C5H12IN. The lowest BCUT2D eigenvalue weighted by atomic mass is 10.3. The van der Waals surface area contributed by atoms with Crippen LogP contribution in [0.15, 0.2) is 0 Å². The molecule has 0 aromatic carbocycles. The van der Waals surface area contributed by atoms with Crippen molar-refractivity contribution in [2.24, 2.45) is 0 Å². The summed E-state index contributed by atoms with van der Waals surface area (Å²) in [4.78, 5) is 0. The Kier molecular flexibility index (Phi) is 4.02. The second-order valence-corrected chi connectivity index (χ2v) is 3.30. The molecule has 0 saturated heterocycles. The Hall–Kier alpha value is 0.690. The summed E-state index contributed by atoms with van der Waals surface area (Å²) < 4.78 is 2.19. The fourth-order valence-electron chi connectivity index (χ4n) is 0.252. The first-order valence-electron chi connectivity index (χ1n) is 2.57. The number of hydrogen-bond acceptors (Lipinski definition) is 1. The highest BCUT2D eigenvalue weighted by Crippen LogP contribution is 2.04. The second-order valence-electron chi connectivity index (χ2n) is 1.78. The van der Waals surface area contributed by atoms with E-state index in [9.17, 15) is 0 Å². The van der Waals surface area contributed by atoms with Gasteiger partial charge in [0.25, 0.3) is 0 Å². The normalized spacial score (nSPS) is 15.0. The predicted molar refractivity (Wildman–Crippen MR) is 41.5 cm³/mol. The minimum absolute atomic E-state index is 0.723. The predicted octanol–water partition coefficient (Wildman–Crippen LogP) is 2.07. The van der Waals surface area contributed by atoms with Crippen LogP contribution < -0.4 is 0 Å². The molecule has 0 aliphatic carbocycles. The molecule has 7 heavy (non-hydrogen) atoms. The molecule has 0 heterocycles. The summed E-state index contributed by atoms with van der Waals surface area (Å²) in [6, 6.07) is 0.723. The third-order valence-corrected chi connectivity index (χ3v) is 2.15. The first-order chi connectivity index (χ1) is 3.18. The van der Waals surface area contributed by atoms with Gasteiger partial charge in [0.05, 0.1) is 0 Å². The van der Waals surface area contributed by atoms with Gasteiger partial charge in [-0.2, -0.15) is 0 Å². The van der Waals surface area contributed by atoms with Crippen molar-refractivity contribution in [3.63, 3.8) is 0 Å². The first kappa shape index (κ1) is 7.69. The third kappa shape index (κ3) is 3.29. The number of halogens is 1. The van der Waals surface area contributed by atoms with Crippen molar-refractivity contribution in [2.45, 2.75) is 26.3 Å². The zero-order valence-corrected chi connectivity index (χ0v) is 7.27. The van der Waals surface area contributed by atoms with E-state index < -0.39 is 0 Å². The van der Waals surface area contributed by atoms with Gasteiger partial charge in [-0.3, -0.25) is 0 Å². The molecule has 0 radical (unpaired) electrons. The van der Waals surface area contributed by atoms with Crippen LogP contribution in [-0.2, 0) is 0 Å². The molecule has 2 heteroatoms. The van der Waals surface area contributed by atoms with Gasteiger partial charge in [0.2, 0.25) is 0 Å². The largest absolute Gasteiger partial charge is 0.248 e. The summed E-state index contributed by atoms with van der Waals surface area (Å²) in [5.74, 6) is 0. The van der Waals surface area contributed by atoms with Crippen LogP contribution in [0.4, 0.5) is 0 Å². The molecule has 0 bridgehead atoms. The van der Waals surface area contributed by atoms with E-state index in [4.69, 9.17) is 0 Å². The standard InChI is InChI=1S/C5H12IN/c1-4-5(2)7(3)6/h5H,4H2,1-3H3. The van der Waals surface area contributed by atoms with E-state index in [1.54, 1.807) is 0 Å². The number of rotatable bonds is 2. The molecule has 0 aromatic heterocycles. The van der Waals surface area contributed by atoms with E-state index in [0.29, 0.717) is 0 Å². The molecule has 0 N–H and O–H groups in total. The number of hydrogen-bond donors (Lipinski definition) is 0. The molecule has 0 spiro atoms. The van der Waals surface area contributed by atoms with Crippen LogP contribution in [0.3, 0.4) is 0 Å². The molecule has 1 nitrogen and oxygen atoms in total. The minimum atomic E-state index is 0.723. The zero-order valence-electron chi connectivity index (χ0n) is 5.11. The fourth-order valence-corrected chi connectivity index (χ4v) is 0.645. The maximum atomic E-state index is 2.30. The molecule has 1 unspecified atom stereocenters. The quantitative estimate of drug-likeness (QED) is 0.501. The van der Waals surface area contributed by atoms with Gasteiger partial charge in [-0.15, -0.1) is 0 Å². The summed E-state index contributed by atoms with van der Waals surface area (Å²) in [5.41, 5.74) is 0. The molecule has 0 saturated carbocycles. The monoisotopic (exact) mass is 213 g/mol. The SMILES string of the molecule is CCC(C)N(C)I. The second kappa shape index (κ2) is 3.66. The Labute approximate surface area is 59.6 Å². The summed E-state index contributed by atoms with van der Waals surface area (Å²) in [5, 5.41) is 0. The smallest absolute Gasteiger partial charge is 0.0201 e. The minimum Gasteiger partial charge on any atom is -0.248 e. The van der Waals surface area contributed by atoms with Crippen molar-refractivity contribution >= 4 is 22.9 Å². The summed E-state index contributed by atoms with van der Waals surface area (Å²) in [6.45, 7) is 4.41. The highest BCUT2D eigenvalue weighted by Gasteiger charge is 1.99. The maximum absolute atomic E-state index is 2.30. The highest BCUT2D eigenvalue weighted by atomic mass is 127. The van der Waals surface area contributed by atoms with E-state index >= 15 is 0 Å². The van der Waals surface area contributed by atoms with Crippen molar-refractivity contribution in [1.82, 2.24) is 3.11 Å². The molecule has 0 fully saturated rings. The Morgan fingerprint density at radius 2 is 2.14 bits per heavy atom. The maximum Gasteiger partial charge on any atom is 0.0201 e. The van der Waals surface area contributed by atoms with Crippen molar-refractivity contribution in [3.05, 3.63) is 0 Å². The first-order valence-corrected chi connectivity index (χ1v) is 3.53. The molecule has 0 aliphatic heterocycles. The Balaban J connectivity index is 3.14. The molecule has 0 amide bonds. The van der Waals surface area contributed by atoms with E-state index in [-0.39, 0.29) is 0 Å². The summed E-state index contributed by atoms with van der Waals surface area (Å²) >= 11 is 2.30. The van der Waals surface area contributed by atoms with Gasteiger partial charge < -0.3 is 0 Å². The highest BCUT2D eigenvalue weighted by molar-refractivity contribution is 14.1. The molecule has 0 aliphatic rings. The van der Waals surface area contributed by atoms with Gasteiger partial charge in [0, 0.05) is 28.9 Å².